The first-order valence-electron chi connectivity index (χ1n) is 8.65. The lowest BCUT2D eigenvalue weighted by Crippen LogP contribution is -2.30. The van der Waals surface area contributed by atoms with E-state index in [0.29, 0.717) is 22.1 Å². The second kappa shape index (κ2) is 7.07. The molecule has 1 aliphatic rings. The third kappa shape index (κ3) is 3.34. The standard InChI is InChI=1S/C22H14ClNO5/c1-12-2-3-13(22(27)28)10-19(12)24-20(25)17-9-8-16(11-18(17)21(24)26)29-15-6-4-14(23)5-7-15/h2-11H,1H3,(H,27,28). The number of imide groups is 1. The van der Waals surface area contributed by atoms with E-state index in [2.05, 4.69) is 0 Å². The van der Waals surface area contributed by atoms with Crippen LogP contribution in [0.4, 0.5) is 5.69 Å². The number of amides is 2. The lowest BCUT2D eigenvalue weighted by atomic mass is 10.1. The number of aromatic carboxylic acids is 1. The van der Waals surface area contributed by atoms with E-state index in [1.165, 1.54) is 24.3 Å². The monoisotopic (exact) mass is 407 g/mol. The van der Waals surface area contributed by atoms with E-state index in [-0.39, 0.29) is 22.4 Å². The maximum atomic E-state index is 13.0. The van der Waals surface area contributed by atoms with Crippen LogP contribution in [0, 0.1) is 6.92 Å². The van der Waals surface area contributed by atoms with Crippen molar-refractivity contribution in [1.82, 2.24) is 0 Å². The van der Waals surface area contributed by atoms with Crippen LogP contribution in [0.5, 0.6) is 11.5 Å². The second-order valence-electron chi connectivity index (χ2n) is 6.52. The molecular weight excluding hydrogens is 394 g/mol. The van der Waals surface area contributed by atoms with Crippen LogP contribution in [-0.2, 0) is 0 Å². The second-order valence-corrected chi connectivity index (χ2v) is 6.95. The molecule has 0 fully saturated rings. The fourth-order valence-corrected chi connectivity index (χ4v) is 3.25. The number of nitrogens with zero attached hydrogens (tertiary/aromatic N) is 1. The number of hydrogen-bond donors (Lipinski definition) is 1. The van der Waals surface area contributed by atoms with E-state index < -0.39 is 17.8 Å². The molecule has 4 rings (SSSR count). The maximum absolute atomic E-state index is 13.0. The number of rotatable bonds is 4. The Kier molecular flexibility index (Phi) is 4.56. The van der Waals surface area contributed by atoms with Gasteiger partial charge in [-0.25, -0.2) is 9.69 Å². The molecule has 0 atom stereocenters. The zero-order valence-electron chi connectivity index (χ0n) is 15.2. The number of halogens is 1. The lowest BCUT2D eigenvalue weighted by Gasteiger charge is -2.17. The summed E-state index contributed by atoms with van der Waals surface area (Å²) in [6.07, 6.45) is 0. The molecule has 0 aliphatic carbocycles. The van der Waals surface area contributed by atoms with Crippen molar-refractivity contribution in [3.05, 3.63) is 87.9 Å². The molecule has 0 saturated carbocycles. The predicted octanol–water partition coefficient (Wildman–Crippen LogP) is 4.94. The van der Waals surface area contributed by atoms with E-state index in [4.69, 9.17) is 16.3 Å². The zero-order valence-corrected chi connectivity index (χ0v) is 15.9. The van der Waals surface area contributed by atoms with Crippen LogP contribution in [0.1, 0.15) is 36.6 Å². The molecule has 0 unspecified atom stereocenters. The third-order valence-electron chi connectivity index (χ3n) is 4.60. The van der Waals surface area contributed by atoms with Crippen LogP contribution in [0.2, 0.25) is 5.02 Å². The number of carboxylic acids is 1. The number of hydrogen-bond acceptors (Lipinski definition) is 4. The summed E-state index contributed by atoms with van der Waals surface area (Å²) in [6.45, 7) is 1.71. The van der Waals surface area contributed by atoms with E-state index in [0.717, 1.165) is 4.90 Å². The molecule has 29 heavy (non-hydrogen) atoms. The molecular formula is C22H14ClNO5. The van der Waals surface area contributed by atoms with Crippen molar-refractivity contribution >= 4 is 35.1 Å². The van der Waals surface area contributed by atoms with Gasteiger partial charge >= 0.3 is 5.97 Å². The molecule has 0 radical (unpaired) electrons. The third-order valence-corrected chi connectivity index (χ3v) is 4.86. The molecule has 144 valence electrons. The predicted molar refractivity (Wildman–Crippen MR) is 107 cm³/mol. The number of carbonyl (C=O) groups excluding carboxylic acids is 2. The quantitative estimate of drug-likeness (QED) is 0.619. The molecule has 7 heteroatoms. The fraction of sp³-hybridized carbons (Fsp3) is 0.0455. The van der Waals surface area contributed by atoms with Gasteiger partial charge in [0, 0.05) is 5.02 Å². The maximum Gasteiger partial charge on any atom is 0.335 e. The Morgan fingerprint density at radius 2 is 1.55 bits per heavy atom. The molecule has 1 aliphatic heterocycles. The molecule has 0 spiro atoms. The van der Waals surface area contributed by atoms with Gasteiger partial charge in [-0.3, -0.25) is 9.59 Å². The topological polar surface area (TPSA) is 83.9 Å². The summed E-state index contributed by atoms with van der Waals surface area (Å²) in [5.74, 6) is -1.24. The molecule has 3 aromatic carbocycles. The van der Waals surface area contributed by atoms with Crippen molar-refractivity contribution in [2.24, 2.45) is 0 Å². The van der Waals surface area contributed by atoms with Crippen LogP contribution in [-0.4, -0.2) is 22.9 Å². The lowest BCUT2D eigenvalue weighted by molar-refractivity contribution is 0.0695. The van der Waals surface area contributed by atoms with Gasteiger partial charge in [0.05, 0.1) is 22.4 Å². The number of benzene rings is 3. The molecule has 0 aromatic heterocycles. The minimum atomic E-state index is -1.14. The fourth-order valence-electron chi connectivity index (χ4n) is 3.12. The first kappa shape index (κ1) is 18.7. The Morgan fingerprint density at radius 1 is 0.897 bits per heavy atom. The largest absolute Gasteiger partial charge is 0.478 e. The van der Waals surface area contributed by atoms with Gasteiger partial charge in [0.25, 0.3) is 11.8 Å². The molecule has 3 aromatic rings. The number of aryl methyl sites for hydroxylation is 1. The summed E-state index contributed by atoms with van der Waals surface area (Å²) in [7, 11) is 0. The highest BCUT2D eigenvalue weighted by Gasteiger charge is 2.38. The number of carbonyl (C=O) groups is 3. The van der Waals surface area contributed by atoms with E-state index in [1.807, 2.05) is 0 Å². The molecule has 2 amide bonds. The minimum absolute atomic E-state index is 0.00563. The van der Waals surface area contributed by atoms with Crippen LogP contribution in [0.15, 0.2) is 60.7 Å². The van der Waals surface area contributed by atoms with Crippen molar-refractivity contribution < 1.29 is 24.2 Å². The molecule has 0 bridgehead atoms. The number of fused-ring (bicyclic) bond motifs is 1. The number of carboxylic acid groups (broad SMARTS) is 1. The Labute approximate surface area is 170 Å². The number of anilines is 1. The van der Waals surface area contributed by atoms with Crippen LogP contribution in [0.25, 0.3) is 0 Å². The molecule has 0 saturated heterocycles. The average Bonchev–Trinajstić information content (AvgIpc) is 2.94. The summed E-state index contributed by atoms with van der Waals surface area (Å²) in [5.41, 5.74) is 1.28. The SMILES string of the molecule is Cc1ccc(C(=O)O)cc1N1C(=O)c2ccc(Oc3ccc(Cl)cc3)cc2C1=O. The van der Waals surface area contributed by atoms with Crippen molar-refractivity contribution in [3.63, 3.8) is 0 Å². The summed E-state index contributed by atoms with van der Waals surface area (Å²) in [5, 5.41) is 9.80. The first-order valence-corrected chi connectivity index (χ1v) is 9.03. The van der Waals surface area contributed by atoms with Crippen molar-refractivity contribution in [2.45, 2.75) is 6.92 Å². The van der Waals surface area contributed by atoms with Gasteiger partial charge in [0.15, 0.2) is 0 Å². The average molecular weight is 408 g/mol. The Hall–Kier alpha value is -3.64. The molecule has 6 nitrogen and oxygen atoms in total. The molecule has 1 heterocycles. The number of ether oxygens (including phenoxy) is 1. The van der Waals surface area contributed by atoms with E-state index >= 15 is 0 Å². The van der Waals surface area contributed by atoms with Crippen LogP contribution >= 0.6 is 11.6 Å². The normalized spacial score (nSPS) is 12.8. The van der Waals surface area contributed by atoms with Gasteiger partial charge in [-0.1, -0.05) is 17.7 Å². The van der Waals surface area contributed by atoms with Gasteiger partial charge in [0.2, 0.25) is 0 Å². The van der Waals surface area contributed by atoms with Crippen molar-refractivity contribution in [1.29, 1.82) is 0 Å². The van der Waals surface area contributed by atoms with Gasteiger partial charge < -0.3 is 9.84 Å². The summed E-state index contributed by atoms with van der Waals surface area (Å²) < 4.78 is 5.74. The van der Waals surface area contributed by atoms with Crippen LogP contribution in [0.3, 0.4) is 0 Å². The minimum Gasteiger partial charge on any atom is -0.478 e. The van der Waals surface area contributed by atoms with E-state index in [1.54, 1.807) is 43.3 Å². The smallest absolute Gasteiger partial charge is 0.335 e. The highest BCUT2D eigenvalue weighted by Crippen LogP contribution is 2.34. The zero-order chi connectivity index (χ0) is 20.7. The highest BCUT2D eigenvalue weighted by molar-refractivity contribution is 6.35. The van der Waals surface area contributed by atoms with Crippen molar-refractivity contribution in [2.75, 3.05) is 4.90 Å². The first-order chi connectivity index (χ1) is 13.8. The van der Waals surface area contributed by atoms with Gasteiger partial charge in [-0.2, -0.15) is 0 Å². The highest BCUT2D eigenvalue weighted by atomic mass is 35.5. The van der Waals surface area contributed by atoms with Crippen LogP contribution < -0.4 is 9.64 Å². The Morgan fingerprint density at radius 3 is 2.24 bits per heavy atom. The summed E-state index contributed by atoms with van der Waals surface area (Å²) in [6, 6.07) is 15.7. The van der Waals surface area contributed by atoms with Crippen molar-refractivity contribution in [3.8, 4) is 11.5 Å². The van der Waals surface area contributed by atoms with Gasteiger partial charge in [0.1, 0.15) is 11.5 Å². The van der Waals surface area contributed by atoms with E-state index in [9.17, 15) is 19.5 Å². The Bertz CT molecular complexity index is 1170. The van der Waals surface area contributed by atoms with Gasteiger partial charge in [-0.15, -0.1) is 0 Å². The van der Waals surface area contributed by atoms with Gasteiger partial charge in [-0.05, 0) is 67.1 Å². The Balaban J connectivity index is 1.69. The summed E-state index contributed by atoms with van der Waals surface area (Å²) in [4.78, 5) is 38.1. The summed E-state index contributed by atoms with van der Waals surface area (Å²) >= 11 is 5.86. The molecule has 1 N–H and O–H groups in total.